The molecule has 0 aliphatic heterocycles. The van der Waals surface area contributed by atoms with Crippen molar-refractivity contribution in [3.63, 3.8) is 0 Å². The number of halogens is 1. The van der Waals surface area contributed by atoms with E-state index in [-0.39, 0.29) is 6.04 Å². The molecular weight excluding hydrogens is 316 g/mol. The van der Waals surface area contributed by atoms with Crippen LogP contribution >= 0.6 is 15.9 Å². The van der Waals surface area contributed by atoms with E-state index >= 15 is 0 Å². The number of hydrogen-bond donors (Lipinski definition) is 1. The van der Waals surface area contributed by atoms with Crippen LogP contribution in [0.25, 0.3) is 11.0 Å². The number of nitrogens with one attached hydrogen (secondary N) is 1. The number of fused-ring (bicyclic) bond motifs is 1. The molecule has 1 N–H and O–H groups in total. The molecule has 3 heterocycles. The Bertz CT molecular complexity index is 739. The zero-order valence-electron chi connectivity index (χ0n) is 10.9. The van der Waals surface area contributed by atoms with Crippen molar-refractivity contribution in [3.8, 4) is 0 Å². The lowest BCUT2D eigenvalue weighted by Crippen LogP contribution is -2.09. The van der Waals surface area contributed by atoms with Gasteiger partial charge in [-0.05, 0) is 53.2 Å². The summed E-state index contributed by atoms with van der Waals surface area (Å²) in [6, 6.07) is 11.8. The highest BCUT2D eigenvalue weighted by Gasteiger charge is 2.10. The maximum Gasteiger partial charge on any atom is 0.112 e. The van der Waals surface area contributed by atoms with E-state index in [1.54, 1.807) is 12.4 Å². The van der Waals surface area contributed by atoms with Crippen LogP contribution in [0.4, 0.5) is 5.69 Å². The van der Waals surface area contributed by atoms with Crippen molar-refractivity contribution in [2.24, 2.45) is 0 Å². The van der Waals surface area contributed by atoms with Crippen molar-refractivity contribution in [2.45, 2.75) is 13.0 Å². The molecule has 5 heteroatoms. The zero-order chi connectivity index (χ0) is 13.9. The largest absolute Gasteiger partial charge is 0.375 e. The average Bonchev–Trinajstić information content (AvgIpc) is 2.47. The summed E-state index contributed by atoms with van der Waals surface area (Å²) in [6.07, 6.45) is 3.56. The third-order valence-corrected chi connectivity index (χ3v) is 3.49. The van der Waals surface area contributed by atoms with Crippen LogP contribution < -0.4 is 5.32 Å². The van der Waals surface area contributed by atoms with E-state index in [4.69, 9.17) is 0 Å². The van der Waals surface area contributed by atoms with Crippen LogP contribution in [0.15, 0.2) is 53.4 Å². The second kappa shape index (κ2) is 5.54. The fourth-order valence-electron chi connectivity index (χ4n) is 2.07. The number of nitrogens with zero attached hydrogens (tertiary/aromatic N) is 3. The number of anilines is 1. The molecule has 0 saturated heterocycles. The number of rotatable bonds is 3. The molecule has 0 spiro atoms. The van der Waals surface area contributed by atoms with Gasteiger partial charge in [0.05, 0.1) is 22.9 Å². The smallest absolute Gasteiger partial charge is 0.112 e. The molecule has 0 saturated carbocycles. The maximum atomic E-state index is 4.47. The van der Waals surface area contributed by atoms with Crippen molar-refractivity contribution in [2.75, 3.05) is 5.32 Å². The fourth-order valence-corrected chi connectivity index (χ4v) is 2.43. The van der Waals surface area contributed by atoms with E-state index in [0.717, 1.165) is 27.0 Å². The van der Waals surface area contributed by atoms with Gasteiger partial charge in [-0.3, -0.25) is 9.97 Å². The van der Waals surface area contributed by atoms with Crippen molar-refractivity contribution < 1.29 is 0 Å². The molecule has 0 bridgehead atoms. The van der Waals surface area contributed by atoms with Gasteiger partial charge in [0.15, 0.2) is 0 Å². The van der Waals surface area contributed by atoms with Crippen LogP contribution in [0, 0.1) is 0 Å². The van der Waals surface area contributed by atoms with Gasteiger partial charge in [0, 0.05) is 12.4 Å². The first-order chi connectivity index (χ1) is 9.74. The Morgan fingerprint density at radius 1 is 1.05 bits per heavy atom. The molecule has 3 aromatic rings. The van der Waals surface area contributed by atoms with Gasteiger partial charge in [0.1, 0.15) is 10.1 Å². The van der Waals surface area contributed by atoms with E-state index in [2.05, 4.69) is 43.1 Å². The Kier molecular flexibility index (Phi) is 3.60. The third-order valence-electron chi connectivity index (χ3n) is 3.05. The van der Waals surface area contributed by atoms with E-state index in [0.29, 0.717) is 0 Å². The van der Waals surface area contributed by atoms with E-state index in [1.807, 2.05) is 36.4 Å². The Morgan fingerprint density at radius 3 is 2.80 bits per heavy atom. The molecule has 1 unspecified atom stereocenters. The van der Waals surface area contributed by atoms with Gasteiger partial charge < -0.3 is 5.32 Å². The predicted octanol–water partition coefficient (Wildman–Crippen LogP) is 3.96. The van der Waals surface area contributed by atoms with Crippen LogP contribution in [0.5, 0.6) is 0 Å². The van der Waals surface area contributed by atoms with Gasteiger partial charge >= 0.3 is 0 Å². The second-order valence-corrected chi connectivity index (χ2v) is 5.29. The minimum atomic E-state index is 0.0834. The first kappa shape index (κ1) is 13.0. The van der Waals surface area contributed by atoms with Gasteiger partial charge in [-0.1, -0.05) is 6.07 Å². The van der Waals surface area contributed by atoms with Crippen LogP contribution in [0.2, 0.25) is 0 Å². The molecule has 0 radical (unpaired) electrons. The second-order valence-electron chi connectivity index (χ2n) is 4.48. The summed E-state index contributed by atoms with van der Waals surface area (Å²) >= 11 is 3.39. The molecular formula is C15H13BrN4. The van der Waals surface area contributed by atoms with E-state index in [9.17, 15) is 0 Å². The highest BCUT2D eigenvalue weighted by molar-refractivity contribution is 9.10. The Balaban J connectivity index is 1.93. The number of pyridine rings is 3. The lowest BCUT2D eigenvalue weighted by Gasteiger charge is -2.16. The monoisotopic (exact) mass is 328 g/mol. The van der Waals surface area contributed by atoms with E-state index in [1.165, 1.54) is 0 Å². The van der Waals surface area contributed by atoms with Gasteiger partial charge in [-0.25, -0.2) is 4.98 Å². The Morgan fingerprint density at radius 2 is 1.95 bits per heavy atom. The number of hydrogen-bond acceptors (Lipinski definition) is 4. The van der Waals surface area contributed by atoms with Gasteiger partial charge in [-0.15, -0.1) is 0 Å². The van der Waals surface area contributed by atoms with Crippen molar-refractivity contribution in [1.29, 1.82) is 0 Å². The predicted molar refractivity (Wildman–Crippen MR) is 83.5 cm³/mol. The highest BCUT2D eigenvalue weighted by Crippen LogP contribution is 2.24. The lowest BCUT2D eigenvalue weighted by molar-refractivity contribution is 0.835. The zero-order valence-corrected chi connectivity index (χ0v) is 12.5. The Labute approximate surface area is 125 Å². The quantitative estimate of drug-likeness (QED) is 0.739. The summed E-state index contributed by atoms with van der Waals surface area (Å²) < 4.78 is 0.835. The molecule has 4 nitrogen and oxygen atoms in total. The summed E-state index contributed by atoms with van der Waals surface area (Å²) in [4.78, 5) is 13.2. The summed E-state index contributed by atoms with van der Waals surface area (Å²) in [5.74, 6) is 0. The van der Waals surface area contributed by atoms with Gasteiger partial charge in [0.2, 0.25) is 0 Å². The Hall–Kier alpha value is -2.01. The van der Waals surface area contributed by atoms with Gasteiger partial charge in [-0.2, -0.15) is 0 Å². The van der Waals surface area contributed by atoms with Crippen LogP contribution in [-0.4, -0.2) is 15.0 Å². The molecule has 0 fully saturated rings. The molecule has 100 valence electrons. The minimum absolute atomic E-state index is 0.0834. The van der Waals surface area contributed by atoms with E-state index < -0.39 is 0 Å². The van der Waals surface area contributed by atoms with Crippen molar-refractivity contribution >= 4 is 32.7 Å². The molecule has 3 aromatic heterocycles. The molecule has 1 atom stereocenters. The standard InChI is InChI=1S/C15H13BrN4/c1-10(11-4-2-6-14(16)20-11)19-13-7-9-17-12-5-3-8-18-15(12)13/h2-10H,1H3,(H,17,19). The molecule has 20 heavy (non-hydrogen) atoms. The summed E-state index contributed by atoms with van der Waals surface area (Å²) in [5, 5.41) is 3.44. The molecule has 3 rings (SSSR count). The topological polar surface area (TPSA) is 50.7 Å². The minimum Gasteiger partial charge on any atom is -0.375 e. The molecule has 0 aliphatic carbocycles. The highest BCUT2D eigenvalue weighted by atomic mass is 79.9. The van der Waals surface area contributed by atoms with Crippen molar-refractivity contribution in [1.82, 2.24) is 15.0 Å². The molecule has 0 aliphatic rings. The maximum absolute atomic E-state index is 4.47. The van der Waals surface area contributed by atoms with Crippen LogP contribution in [0.3, 0.4) is 0 Å². The van der Waals surface area contributed by atoms with Crippen LogP contribution in [-0.2, 0) is 0 Å². The van der Waals surface area contributed by atoms with Crippen molar-refractivity contribution in [3.05, 3.63) is 59.1 Å². The molecule has 0 amide bonds. The summed E-state index contributed by atoms with van der Waals surface area (Å²) in [6.45, 7) is 2.07. The third kappa shape index (κ3) is 2.63. The lowest BCUT2D eigenvalue weighted by atomic mass is 10.2. The van der Waals surface area contributed by atoms with Gasteiger partial charge in [0.25, 0.3) is 0 Å². The summed E-state index contributed by atoms with van der Waals surface area (Å²) in [7, 11) is 0. The SMILES string of the molecule is CC(Nc1ccnc2cccnc12)c1cccc(Br)n1. The first-order valence-corrected chi connectivity index (χ1v) is 7.12. The molecule has 0 aromatic carbocycles. The summed E-state index contributed by atoms with van der Waals surface area (Å²) in [5.41, 5.74) is 3.69. The average molecular weight is 329 g/mol. The van der Waals surface area contributed by atoms with Crippen LogP contribution in [0.1, 0.15) is 18.7 Å². The normalized spacial score (nSPS) is 12.3. The fraction of sp³-hybridized carbons (Fsp3) is 0.133. The first-order valence-electron chi connectivity index (χ1n) is 6.33. The number of aromatic nitrogens is 3.